The molecule has 8 nitrogen and oxygen atoms in total. The number of hydrogen-bond donors (Lipinski definition) is 0. The average molecular weight is 375 g/mol. The summed E-state index contributed by atoms with van der Waals surface area (Å²) in [5.74, 6) is 0.549. The van der Waals surface area contributed by atoms with Crippen LogP contribution in [0.25, 0.3) is 0 Å². The molecule has 0 unspecified atom stereocenters. The van der Waals surface area contributed by atoms with Gasteiger partial charge in [-0.25, -0.2) is 0 Å². The molecule has 146 valence electrons. The van der Waals surface area contributed by atoms with Gasteiger partial charge in [0.2, 0.25) is 5.91 Å². The third kappa shape index (κ3) is 4.96. The Bertz CT molecular complexity index is 677. The number of nitrogens with zero attached hydrogens (tertiary/aromatic N) is 3. The van der Waals surface area contributed by atoms with Crippen LogP contribution in [0, 0.1) is 16.0 Å². The lowest BCUT2D eigenvalue weighted by Crippen LogP contribution is -2.46. The first-order chi connectivity index (χ1) is 13.0. The van der Waals surface area contributed by atoms with Crippen LogP contribution in [-0.4, -0.2) is 59.3 Å². The average Bonchev–Trinajstić information content (AvgIpc) is 2.72. The zero-order chi connectivity index (χ0) is 19.2. The summed E-state index contributed by atoms with van der Waals surface area (Å²) >= 11 is 0. The van der Waals surface area contributed by atoms with Gasteiger partial charge in [0.1, 0.15) is 5.75 Å². The number of carbonyl (C=O) groups excluding carboxylic acids is 2. The maximum atomic E-state index is 12.6. The number of non-ortho nitro benzene ring substituents is 1. The number of rotatable bonds is 5. The van der Waals surface area contributed by atoms with E-state index in [1.54, 1.807) is 4.90 Å². The van der Waals surface area contributed by atoms with Crippen molar-refractivity contribution in [3.8, 4) is 5.75 Å². The van der Waals surface area contributed by atoms with E-state index < -0.39 is 4.92 Å². The van der Waals surface area contributed by atoms with E-state index in [-0.39, 0.29) is 30.0 Å². The standard InChI is InChI=1S/C19H25N3O5/c23-18(14-27-17-6-4-16(5-7-17)22(25)26)20-12-8-15(9-13-20)19(24)21-10-2-1-3-11-21/h4-7,15H,1-3,8-14H2. The van der Waals surface area contributed by atoms with Crippen molar-refractivity contribution in [2.45, 2.75) is 32.1 Å². The first-order valence-corrected chi connectivity index (χ1v) is 9.48. The number of piperidine rings is 2. The molecule has 8 heteroatoms. The number of benzene rings is 1. The molecular weight excluding hydrogens is 350 g/mol. The Labute approximate surface area is 158 Å². The van der Waals surface area contributed by atoms with Crippen molar-refractivity contribution in [2.24, 2.45) is 5.92 Å². The van der Waals surface area contributed by atoms with Crippen molar-refractivity contribution in [1.82, 2.24) is 9.80 Å². The van der Waals surface area contributed by atoms with E-state index in [0.29, 0.717) is 31.7 Å². The molecule has 2 heterocycles. The van der Waals surface area contributed by atoms with Crippen molar-refractivity contribution in [3.63, 3.8) is 0 Å². The zero-order valence-electron chi connectivity index (χ0n) is 15.3. The van der Waals surface area contributed by atoms with Gasteiger partial charge in [-0.15, -0.1) is 0 Å². The third-order valence-corrected chi connectivity index (χ3v) is 5.27. The summed E-state index contributed by atoms with van der Waals surface area (Å²) in [4.78, 5) is 38.7. The highest BCUT2D eigenvalue weighted by molar-refractivity contribution is 5.80. The summed E-state index contributed by atoms with van der Waals surface area (Å²) in [7, 11) is 0. The van der Waals surface area contributed by atoms with Crippen molar-refractivity contribution in [2.75, 3.05) is 32.8 Å². The molecule has 1 aromatic carbocycles. The largest absolute Gasteiger partial charge is 0.484 e. The lowest BCUT2D eigenvalue weighted by atomic mass is 9.94. The number of hydrogen-bond acceptors (Lipinski definition) is 5. The number of nitro benzene ring substituents is 1. The maximum Gasteiger partial charge on any atom is 0.269 e. The summed E-state index contributed by atoms with van der Waals surface area (Å²) in [5.41, 5.74) is -0.0193. The van der Waals surface area contributed by atoms with Crippen LogP contribution in [0.3, 0.4) is 0 Å². The van der Waals surface area contributed by atoms with Gasteiger partial charge in [0, 0.05) is 44.2 Å². The normalized spacial score (nSPS) is 18.2. The maximum absolute atomic E-state index is 12.6. The fourth-order valence-corrected chi connectivity index (χ4v) is 3.65. The van der Waals surface area contributed by atoms with Crippen LogP contribution >= 0.6 is 0 Å². The molecule has 1 aromatic rings. The SMILES string of the molecule is O=C(COc1ccc([N+](=O)[O-])cc1)N1CCC(C(=O)N2CCCCC2)CC1. The Balaban J connectivity index is 1.42. The Kier molecular flexibility index (Phi) is 6.26. The van der Waals surface area contributed by atoms with E-state index in [1.807, 2.05) is 4.90 Å². The summed E-state index contributed by atoms with van der Waals surface area (Å²) in [6.07, 6.45) is 4.76. The highest BCUT2D eigenvalue weighted by Gasteiger charge is 2.30. The Morgan fingerprint density at radius 3 is 2.22 bits per heavy atom. The lowest BCUT2D eigenvalue weighted by Gasteiger charge is -2.35. The van der Waals surface area contributed by atoms with Gasteiger partial charge in [-0.2, -0.15) is 0 Å². The summed E-state index contributed by atoms with van der Waals surface area (Å²) in [6, 6.07) is 5.65. The van der Waals surface area contributed by atoms with Crippen molar-refractivity contribution in [3.05, 3.63) is 34.4 Å². The Hall–Kier alpha value is -2.64. The van der Waals surface area contributed by atoms with E-state index in [1.165, 1.54) is 30.7 Å². The van der Waals surface area contributed by atoms with Crippen LogP contribution in [0.15, 0.2) is 24.3 Å². The third-order valence-electron chi connectivity index (χ3n) is 5.27. The van der Waals surface area contributed by atoms with E-state index in [0.717, 1.165) is 25.9 Å². The molecule has 0 atom stereocenters. The van der Waals surface area contributed by atoms with Crippen LogP contribution in [0.1, 0.15) is 32.1 Å². The molecule has 0 saturated carbocycles. The fraction of sp³-hybridized carbons (Fsp3) is 0.579. The van der Waals surface area contributed by atoms with E-state index in [9.17, 15) is 19.7 Å². The minimum absolute atomic E-state index is 0.0164. The van der Waals surface area contributed by atoms with Crippen LogP contribution in [-0.2, 0) is 9.59 Å². The van der Waals surface area contributed by atoms with Gasteiger partial charge in [-0.1, -0.05) is 0 Å². The first kappa shape index (κ1) is 19.1. The second kappa shape index (κ2) is 8.83. The first-order valence-electron chi connectivity index (χ1n) is 9.48. The molecule has 2 aliphatic heterocycles. The highest BCUT2D eigenvalue weighted by Crippen LogP contribution is 2.22. The van der Waals surface area contributed by atoms with Gasteiger partial charge in [0.15, 0.2) is 6.61 Å². The van der Waals surface area contributed by atoms with Gasteiger partial charge in [-0.05, 0) is 44.2 Å². The molecule has 2 fully saturated rings. The molecule has 2 saturated heterocycles. The van der Waals surface area contributed by atoms with Crippen LogP contribution < -0.4 is 4.74 Å². The van der Waals surface area contributed by atoms with E-state index in [4.69, 9.17) is 4.74 Å². The van der Waals surface area contributed by atoms with E-state index in [2.05, 4.69) is 0 Å². The predicted molar refractivity (Wildman–Crippen MR) is 98.3 cm³/mol. The van der Waals surface area contributed by atoms with Crippen molar-refractivity contribution < 1.29 is 19.2 Å². The molecule has 2 aliphatic rings. The topological polar surface area (TPSA) is 93.0 Å². The molecule has 0 radical (unpaired) electrons. The second-order valence-electron chi connectivity index (χ2n) is 7.08. The molecule has 0 aromatic heterocycles. The molecule has 0 bridgehead atoms. The van der Waals surface area contributed by atoms with Crippen molar-refractivity contribution in [1.29, 1.82) is 0 Å². The molecule has 3 rings (SSSR count). The van der Waals surface area contributed by atoms with Gasteiger partial charge in [0.25, 0.3) is 11.6 Å². The number of nitro groups is 1. The Morgan fingerprint density at radius 2 is 1.63 bits per heavy atom. The monoisotopic (exact) mass is 375 g/mol. The molecule has 2 amide bonds. The number of likely N-dealkylation sites (tertiary alicyclic amines) is 2. The zero-order valence-corrected chi connectivity index (χ0v) is 15.3. The number of ether oxygens (including phenoxy) is 1. The second-order valence-corrected chi connectivity index (χ2v) is 7.08. The van der Waals surface area contributed by atoms with Crippen LogP contribution in [0.4, 0.5) is 5.69 Å². The fourth-order valence-electron chi connectivity index (χ4n) is 3.65. The number of carbonyl (C=O) groups is 2. The highest BCUT2D eigenvalue weighted by atomic mass is 16.6. The smallest absolute Gasteiger partial charge is 0.269 e. The van der Waals surface area contributed by atoms with E-state index >= 15 is 0 Å². The quantitative estimate of drug-likeness (QED) is 0.581. The van der Waals surface area contributed by atoms with Crippen LogP contribution in [0.5, 0.6) is 5.75 Å². The van der Waals surface area contributed by atoms with Gasteiger partial charge in [-0.3, -0.25) is 19.7 Å². The molecule has 0 N–H and O–H groups in total. The molecule has 0 spiro atoms. The molecule has 27 heavy (non-hydrogen) atoms. The molecule has 0 aliphatic carbocycles. The summed E-state index contributed by atoms with van der Waals surface area (Å²) in [5, 5.41) is 10.6. The lowest BCUT2D eigenvalue weighted by molar-refractivity contribution is -0.384. The van der Waals surface area contributed by atoms with Crippen molar-refractivity contribution >= 4 is 17.5 Å². The minimum atomic E-state index is -0.482. The van der Waals surface area contributed by atoms with Crippen LogP contribution in [0.2, 0.25) is 0 Å². The minimum Gasteiger partial charge on any atom is -0.484 e. The summed E-state index contributed by atoms with van der Waals surface area (Å²) in [6.45, 7) is 2.74. The van der Waals surface area contributed by atoms with Gasteiger partial charge in [0.05, 0.1) is 4.92 Å². The van der Waals surface area contributed by atoms with Gasteiger partial charge < -0.3 is 14.5 Å². The predicted octanol–water partition coefficient (Wildman–Crippen LogP) is 2.22. The summed E-state index contributed by atoms with van der Waals surface area (Å²) < 4.78 is 5.44. The van der Waals surface area contributed by atoms with Gasteiger partial charge >= 0.3 is 0 Å². The Morgan fingerprint density at radius 1 is 1.00 bits per heavy atom. The number of amides is 2. The molecular formula is C19H25N3O5.